The number of H-pyrrole nitrogens is 1. The number of rotatable bonds is 6. The van der Waals surface area contributed by atoms with E-state index in [4.69, 9.17) is 0 Å². The summed E-state index contributed by atoms with van der Waals surface area (Å²) in [5, 5.41) is 13.2. The van der Waals surface area contributed by atoms with Crippen LogP contribution in [0.2, 0.25) is 0 Å². The number of amides is 2. The predicted molar refractivity (Wildman–Crippen MR) is 164 cm³/mol. The maximum atomic E-state index is 13.8. The highest BCUT2D eigenvalue weighted by Gasteiger charge is 2.51. The predicted octanol–water partition coefficient (Wildman–Crippen LogP) is 3.01. The van der Waals surface area contributed by atoms with Crippen LogP contribution in [-0.2, 0) is 16.6 Å². The molecule has 8 rings (SSSR count). The number of hydrogen-bond acceptors (Lipinski definition) is 7. The fourth-order valence-electron chi connectivity index (χ4n) is 7.20. The number of carbonyl (C=O) groups is 2. The molecule has 3 saturated heterocycles. The minimum absolute atomic E-state index is 0.161. The highest BCUT2D eigenvalue weighted by atomic mass is 16.2. The number of nitrogens with zero attached hydrogens (tertiary/aromatic N) is 8. The summed E-state index contributed by atoms with van der Waals surface area (Å²) in [5.74, 6) is 1.64. The third-order valence-corrected chi connectivity index (χ3v) is 9.88. The zero-order chi connectivity index (χ0) is 29.1. The topological polar surface area (TPSA) is 106 Å². The van der Waals surface area contributed by atoms with Gasteiger partial charge in [-0.2, -0.15) is 10.2 Å². The Bertz CT molecular complexity index is 1680. The molecule has 1 spiro atoms. The van der Waals surface area contributed by atoms with Crippen molar-refractivity contribution in [3.8, 4) is 11.4 Å². The zero-order valence-corrected chi connectivity index (χ0v) is 24.6. The van der Waals surface area contributed by atoms with Gasteiger partial charge in [0.05, 0.1) is 23.2 Å². The molecule has 1 saturated carbocycles. The lowest BCUT2D eigenvalue weighted by atomic mass is 9.85. The third kappa shape index (κ3) is 4.75. The van der Waals surface area contributed by atoms with Crippen molar-refractivity contribution in [3.63, 3.8) is 0 Å². The van der Waals surface area contributed by atoms with Crippen molar-refractivity contribution in [3.05, 3.63) is 54.5 Å². The number of aromatic amines is 1. The molecule has 2 amide bonds. The number of likely N-dealkylation sites (tertiary alicyclic amines) is 1. The van der Waals surface area contributed by atoms with Crippen LogP contribution in [0, 0.1) is 5.41 Å². The van der Waals surface area contributed by atoms with Gasteiger partial charge >= 0.3 is 0 Å². The number of anilines is 2. The van der Waals surface area contributed by atoms with Crippen LogP contribution in [-0.4, -0.2) is 98.9 Å². The van der Waals surface area contributed by atoms with Crippen LogP contribution in [0.25, 0.3) is 22.3 Å². The first kappa shape index (κ1) is 26.4. The average Bonchev–Trinajstić information content (AvgIpc) is 3.31. The summed E-state index contributed by atoms with van der Waals surface area (Å²) < 4.78 is 1.70. The van der Waals surface area contributed by atoms with E-state index in [0.717, 1.165) is 78.4 Å². The summed E-state index contributed by atoms with van der Waals surface area (Å²) in [6, 6.07) is 14.6. The SMILES string of the molecule is Cn1cnc(-c2ccc(N3CCN(C(=O)CN4CCC5(CCN(c6ccc7[nH]nc(C8CC8)c7c6)C5=O)C4)CC3)cc2)n1. The normalized spacial score (nSPS) is 22.9. The molecular formula is C32H37N9O2. The number of aromatic nitrogens is 5. The van der Waals surface area contributed by atoms with Gasteiger partial charge in [-0.1, -0.05) is 0 Å². The molecule has 0 radical (unpaired) electrons. The molecule has 5 heterocycles. The summed E-state index contributed by atoms with van der Waals surface area (Å²) in [4.78, 5) is 39.9. The molecule has 11 heteroatoms. The number of fused-ring (bicyclic) bond motifs is 1. The minimum Gasteiger partial charge on any atom is -0.368 e. The smallest absolute Gasteiger partial charge is 0.236 e. The minimum atomic E-state index is -0.388. The summed E-state index contributed by atoms with van der Waals surface area (Å²) >= 11 is 0. The van der Waals surface area contributed by atoms with E-state index < -0.39 is 0 Å². The highest BCUT2D eigenvalue weighted by Crippen LogP contribution is 2.45. The van der Waals surface area contributed by atoms with Crippen molar-refractivity contribution in [2.45, 2.75) is 31.6 Å². The second-order valence-corrected chi connectivity index (χ2v) is 12.7. The second-order valence-electron chi connectivity index (χ2n) is 12.7. The Balaban J connectivity index is 0.860. The number of piperazine rings is 1. The Morgan fingerprint density at radius 2 is 1.74 bits per heavy atom. The molecule has 2 aromatic heterocycles. The molecule has 3 aliphatic heterocycles. The molecule has 2 aromatic carbocycles. The molecule has 11 nitrogen and oxygen atoms in total. The Hall–Kier alpha value is -4.25. The second kappa shape index (κ2) is 10.2. The van der Waals surface area contributed by atoms with E-state index in [9.17, 15) is 9.59 Å². The van der Waals surface area contributed by atoms with Gasteiger partial charge in [0.2, 0.25) is 11.8 Å². The van der Waals surface area contributed by atoms with Crippen LogP contribution < -0.4 is 9.80 Å². The summed E-state index contributed by atoms with van der Waals surface area (Å²) in [6.45, 7) is 5.56. The number of carbonyl (C=O) groups excluding carboxylic acids is 2. The maximum Gasteiger partial charge on any atom is 0.236 e. The standard InChI is InChI=1S/C32H37N9O2/c1-37-21-33-30(36-37)23-4-6-24(7-5-23)39-14-16-40(17-15-39)28(42)19-38-12-10-32(20-38)11-13-41(31(32)43)25-8-9-27-26(18-25)29(35-34-27)22-2-3-22/h4-9,18,21-22H,2-3,10-17,19-20H2,1H3,(H,34,35). The van der Waals surface area contributed by atoms with Crippen molar-refractivity contribution in [2.24, 2.45) is 12.5 Å². The first-order valence-corrected chi connectivity index (χ1v) is 15.5. The fraction of sp³-hybridized carbons (Fsp3) is 0.469. The summed E-state index contributed by atoms with van der Waals surface area (Å²) in [6.07, 6.45) is 5.74. The van der Waals surface area contributed by atoms with Crippen molar-refractivity contribution in [1.82, 2.24) is 34.8 Å². The molecule has 0 bridgehead atoms. The van der Waals surface area contributed by atoms with Gasteiger partial charge in [-0.15, -0.1) is 0 Å². The van der Waals surface area contributed by atoms with E-state index in [1.54, 1.807) is 11.0 Å². The summed E-state index contributed by atoms with van der Waals surface area (Å²) in [5.41, 5.74) is 4.89. The van der Waals surface area contributed by atoms with Gasteiger partial charge in [0.1, 0.15) is 6.33 Å². The van der Waals surface area contributed by atoms with Gasteiger partial charge in [-0.25, -0.2) is 4.98 Å². The molecule has 1 aliphatic carbocycles. The fourth-order valence-corrected chi connectivity index (χ4v) is 7.20. The Morgan fingerprint density at radius 3 is 2.49 bits per heavy atom. The van der Waals surface area contributed by atoms with Crippen LogP contribution in [0.15, 0.2) is 48.8 Å². The highest BCUT2D eigenvalue weighted by molar-refractivity contribution is 6.02. The largest absolute Gasteiger partial charge is 0.368 e. The van der Waals surface area contributed by atoms with Crippen LogP contribution in [0.5, 0.6) is 0 Å². The van der Waals surface area contributed by atoms with Crippen molar-refractivity contribution < 1.29 is 9.59 Å². The van der Waals surface area contributed by atoms with Crippen LogP contribution in [0.1, 0.15) is 37.3 Å². The van der Waals surface area contributed by atoms with E-state index in [-0.39, 0.29) is 17.2 Å². The molecule has 43 heavy (non-hydrogen) atoms. The van der Waals surface area contributed by atoms with E-state index in [2.05, 4.69) is 66.5 Å². The molecular weight excluding hydrogens is 542 g/mol. The van der Waals surface area contributed by atoms with E-state index in [1.165, 1.54) is 12.8 Å². The lowest BCUT2D eigenvalue weighted by Crippen LogP contribution is -2.51. The number of aryl methyl sites for hydroxylation is 1. The van der Waals surface area contributed by atoms with Crippen molar-refractivity contribution in [2.75, 3.05) is 62.2 Å². The van der Waals surface area contributed by atoms with Crippen LogP contribution in [0.3, 0.4) is 0 Å². The zero-order valence-electron chi connectivity index (χ0n) is 24.6. The van der Waals surface area contributed by atoms with Gasteiger partial charge in [-0.3, -0.25) is 24.3 Å². The van der Waals surface area contributed by atoms with Gasteiger partial charge in [0.25, 0.3) is 0 Å². The first-order valence-electron chi connectivity index (χ1n) is 15.5. The lowest BCUT2D eigenvalue weighted by molar-refractivity contribution is -0.133. The molecule has 1 atom stereocenters. The van der Waals surface area contributed by atoms with E-state index in [0.29, 0.717) is 32.1 Å². The number of benzene rings is 2. The Kier molecular flexibility index (Phi) is 6.25. The quantitative estimate of drug-likeness (QED) is 0.374. The molecule has 4 fully saturated rings. The lowest BCUT2D eigenvalue weighted by Gasteiger charge is -2.37. The number of hydrogen-bond donors (Lipinski definition) is 1. The number of nitrogens with one attached hydrogen (secondary N) is 1. The van der Waals surface area contributed by atoms with Crippen molar-refractivity contribution in [1.29, 1.82) is 0 Å². The van der Waals surface area contributed by atoms with Gasteiger partial charge in [-0.05, 0) is 74.7 Å². The maximum absolute atomic E-state index is 13.8. The van der Waals surface area contributed by atoms with E-state index >= 15 is 0 Å². The summed E-state index contributed by atoms with van der Waals surface area (Å²) in [7, 11) is 1.86. The Morgan fingerprint density at radius 1 is 0.977 bits per heavy atom. The molecule has 222 valence electrons. The average molecular weight is 580 g/mol. The van der Waals surface area contributed by atoms with Gasteiger partial charge in [0, 0.05) is 74.6 Å². The van der Waals surface area contributed by atoms with Crippen LogP contribution in [0.4, 0.5) is 11.4 Å². The third-order valence-electron chi connectivity index (χ3n) is 9.88. The molecule has 1 unspecified atom stereocenters. The molecule has 4 aromatic rings. The molecule has 1 N–H and O–H groups in total. The van der Waals surface area contributed by atoms with Gasteiger partial charge in [0.15, 0.2) is 5.82 Å². The first-order chi connectivity index (χ1) is 21.0. The van der Waals surface area contributed by atoms with Gasteiger partial charge < -0.3 is 14.7 Å². The Labute approximate surface area is 250 Å². The van der Waals surface area contributed by atoms with Crippen molar-refractivity contribution >= 4 is 34.1 Å². The van der Waals surface area contributed by atoms with E-state index in [1.807, 2.05) is 22.9 Å². The van der Waals surface area contributed by atoms with Crippen LogP contribution >= 0.6 is 0 Å². The molecule has 4 aliphatic rings. The monoisotopic (exact) mass is 579 g/mol.